The van der Waals surface area contributed by atoms with E-state index in [2.05, 4.69) is 0 Å². The van der Waals surface area contributed by atoms with Gasteiger partial charge in [0.1, 0.15) is 5.75 Å². The number of hydrogen-bond donors (Lipinski definition) is 1. The number of halogens is 1. The molecule has 0 aliphatic carbocycles. The Balaban J connectivity index is 0. The molecule has 1 aromatic carbocycles. The molecule has 0 unspecified atom stereocenters. The Morgan fingerprint density at radius 3 is 1.94 bits per heavy atom. The predicted molar refractivity (Wildman–Crippen MR) is 69.5 cm³/mol. The van der Waals surface area contributed by atoms with Crippen molar-refractivity contribution in [3.05, 3.63) is 23.0 Å². The van der Waals surface area contributed by atoms with Crippen LogP contribution in [0.3, 0.4) is 0 Å². The number of aryl methyl sites for hydroxylation is 1. The van der Waals surface area contributed by atoms with E-state index in [0.717, 1.165) is 5.56 Å². The van der Waals surface area contributed by atoms with Crippen LogP contribution in [0.5, 0.6) is 5.75 Å². The lowest BCUT2D eigenvalue weighted by molar-refractivity contribution is 0.404. The predicted octanol–water partition coefficient (Wildman–Crippen LogP) is 4.09. The number of ether oxygens (including phenoxy) is 1. The summed E-state index contributed by atoms with van der Waals surface area (Å²) in [6.07, 6.45) is 0. The zero-order valence-electron chi connectivity index (χ0n) is 11.4. The number of nitrogens with two attached hydrogens (primary N) is 1. The highest BCUT2D eigenvalue weighted by molar-refractivity contribution is 5.53. The van der Waals surface area contributed by atoms with Crippen LogP contribution >= 0.6 is 0 Å². The summed E-state index contributed by atoms with van der Waals surface area (Å²) in [6.45, 7) is 11.5. The van der Waals surface area contributed by atoms with Gasteiger partial charge in [0.05, 0.1) is 12.8 Å². The van der Waals surface area contributed by atoms with Gasteiger partial charge in [-0.1, -0.05) is 27.7 Å². The van der Waals surface area contributed by atoms with Crippen LogP contribution in [0.25, 0.3) is 0 Å². The van der Waals surface area contributed by atoms with E-state index < -0.39 is 5.82 Å². The minimum absolute atomic E-state index is 0.172. The Labute approximate surface area is 98.6 Å². The number of nitrogen functional groups attached to an aromatic ring is 1. The van der Waals surface area contributed by atoms with Crippen LogP contribution in [0.1, 0.15) is 38.8 Å². The smallest absolute Gasteiger partial charge is 0.152 e. The second-order valence-electron chi connectivity index (χ2n) is 2.75. The van der Waals surface area contributed by atoms with Crippen molar-refractivity contribution in [2.45, 2.75) is 41.5 Å². The Hall–Kier alpha value is -1.25. The van der Waals surface area contributed by atoms with Crippen molar-refractivity contribution < 1.29 is 9.13 Å². The number of hydrogen-bond acceptors (Lipinski definition) is 2. The average Bonchev–Trinajstić information content (AvgIpc) is 2.32. The fourth-order valence-corrected chi connectivity index (χ4v) is 1.29. The van der Waals surface area contributed by atoms with E-state index in [9.17, 15) is 4.39 Å². The molecule has 0 saturated heterocycles. The molecule has 0 radical (unpaired) electrons. The summed E-state index contributed by atoms with van der Waals surface area (Å²) in [5, 5.41) is 0. The largest absolute Gasteiger partial charge is 0.496 e. The van der Waals surface area contributed by atoms with Crippen molar-refractivity contribution in [1.29, 1.82) is 0 Å². The lowest BCUT2D eigenvalue weighted by Crippen LogP contribution is -1.99. The molecule has 0 aliphatic rings. The van der Waals surface area contributed by atoms with Crippen molar-refractivity contribution in [3.8, 4) is 5.75 Å². The zero-order valence-corrected chi connectivity index (χ0v) is 11.4. The Bertz CT molecular complexity index is 311. The molecule has 3 heteroatoms. The summed E-state index contributed by atoms with van der Waals surface area (Å²) < 4.78 is 18.2. The Morgan fingerprint density at radius 1 is 1.12 bits per heavy atom. The van der Waals surface area contributed by atoms with Gasteiger partial charge in [-0.2, -0.15) is 0 Å². The second kappa shape index (κ2) is 9.01. The van der Waals surface area contributed by atoms with E-state index in [1.165, 1.54) is 7.11 Å². The first-order valence-corrected chi connectivity index (χ1v) is 5.67. The molecule has 2 N–H and O–H groups in total. The van der Waals surface area contributed by atoms with Gasteiger partial charge in [-0.15, -0.1) is 0 Å². The molecule has 1 rings (SSSR count). The minimum atomic E-state index is -0.391. The highest BCUT2D eigenvalue weighted by Crippen LogP contribution is 2.28. The Kier molecular flexibility index (Phi) is 9.66. The highest BCUT2D eigenvalue weighted by atomic mass is 19.1. The molecule has 94 valence electrons. The molecule has 0 spiro atoms. The van der Waals surface area contributed by atoms with Crippen molar-refractivity contribution in [3.63, 3.8) is 0 Å². The molecule has 0 atom stereocenters. The van der Waals surface area contributed by atoms with Crippen LogP contribution in [0.15, 0.2) is 6.07 Å². The van der Waals surface area contributed by atoms with Crippen LogP contribution in [0, 0.1) is 19.7 Å². The lowest BCUT2D eigenvalue weighted by atomic mass is 10.1. The van der Waals surface area contributed by atoms with Gasteiger partial charge >= 0.3 is 0 Å². The number of benzene rings is 1. The van der Waals surface area contributed by atoms with Gasteiger partial charge in [-0.05, 0) is 25.5 Å². The molecular weight excluding hydrogens is 205 g/mol. The average molecular weight is 229 g/mol. The summed E-state index contributed by atoms with van der Waals surface area (Å²) in [5.74, 6) is 0.180. The molecule has 0 heterocycles. The van der Waals surface area contributed by atoms with Crippen molar-refractivity contribution in [2.24, 2.45) is 0 Å². The molecular formula is C13H24FNO. The van der Waals surface area contributed by atoms with Gasteiger partial charge in [0.15, 0.2) is 5.82 Å². The number of methoxy groups -OCH3 is 1. The first-order valence-electron chi connectivity index (χ1n) is 5.67. The lowest BCUT2D eigenvalue weighted by Gasteiger charge is -2.10. The van der Waals surface area contributed by atoms with Crippen LogP contribution in [-0.2, 0) is 0 Å². The van der Waals surface area contributed by atoms with Gasteiger partial charge in [-0.3, -0.25) is 0 Å². The van der Waals surface area contributed by atoms with Gasteiger partial charge in [0.2, 0.25) is 0 Å². The minimum Gasteiger partial charge on any atom is -0.496 e. The molecule has 0 aliphatic heterocycles. The van der Waals surface area contributed by atoms with Crippen LogP contribution in [0.2, 0.25) is 0 Å². The van der Waals surface area contributed by atoms with Gasteiger partial charge in [-0.25, -0.2) is 4.39 Å². The number of anilines is 1. The first kappa shape index (κ1) is 17.2. The van der Waals surface area contributed by atoms with Crippen LogP contribution in [-0.4, -0.2) is 7.11 Å². The number of rotatable bonds is 1. The maximum Gasteiger partial charge on any atom is 0.152 e. The maximum atomic E-state index is 13.2. The normalized spacial score (nSPS) is 8.25. The van der Waals surface area contributed by atoms with Crippen LogP contribution in [0.4, 0.5) is 10.1 Å². The molecule has 16 heavy (non-hydrogen) atoms. The van der Waals surface area contributed by atoms with Gasteiger partial charge < -0.3 is 10.5 Å². The third-order valence-electron chi connectivity index (χ3n) is 1.86. The molecule has 1 aromatic rings. The summed E-state index contributed by atoms with van der Waals surface area (Å²) in [7, 11) is 1.52. The van der Waals surface area contributed by atoms with E-state index in [1.54, 1.807) is 13.0 Å². The molecule has 0 aromatic heterocycles. The summed E-state index contributed by atoms with van der Waals surface area (Å²) in [5.41, 5.74) is 6.91. The molecule has 0 amide bonds. The monoisotopic (exact) mass is 229 g/mol. The van der Waals surface area contributed by atoms with Crippen molar-refractivity contribution in [1.82, 2.24) is 0 Å². The third kappa shape index (κ3) is 4.09. The first-order chi connectivity index (χ1) is 7.57. The van der Waals surface area contributed by atoms with Crippen molar-refractivity contribution >= 4 is 5.69 Å². The molecule has 0 fully saturated rings. The van der Waals surface area contributed by atoms with E-state index >= 15 is 0 Å². The quantitative estimate of drug-likeness (QED) is 0.736. The standard InChI is InChI=1S/C9H12FNO.2C2H6/c1-5-4-7(11)8(10)6(2)9(5)12-3;2*1-2/h4H,11H2,1-3H3;2*1-2H3. The van der Waals surface area contributed by atoms with E-state index in [4.69, 9.17) is 10.5 Å². The van der Waals surface area contributed by atoms with E-state index in [1.807, 2.05) is 34.6 Å². The SMILES string of the molecule is CC.CC.COc1c(C)cc(N)c(F)c1C. The maximum absolute atomic E-state index is 13.2. The molecule has 0 bridgehead atoms. The van der Waals surface area contributed by atoms with Crippen molar-refractivity contribution in [2.75, 3.05) is 12.8 Å². The highest BCUT2D eigenvalue weighted by Gasteiger charge is 2.10. The third-order valence-corrected chi connectivity index (χ3v) is 1.86. The van der Waals surface area contributed by atoms with E-state index in [0.29, 0.717) is 11.3 Å². The van der Waals surface area contributed by atoms with E-state index in [-0.39, 0.29) is 5.69 Å². The van der Waals surface area contributed by atoms with Gasteiger partial charge in [0.25, 0.3) is 0 Å². The Morgan fingerprint density at radius 2 is 1.56 bits per heavy atom. The molecule has 0 saturated carbocycles. The van der Waals surface area contributed by atoms with Crippen LogP contribution < -0.4 is 10.5 Å². The summed E-state index contributed by atoms with van der Waals surface area (Å²) in [4.78, 5) is 0. The second-order valence-corrected chi connectivity index (χ2v) is 2.75. The fraction of sp³-hybridized carbons (Fsp3) is 0.538. The topological polar surface area (TPSA) is 35.2 Å². The molecule has 2 nitrogen and oxygen atoms in total. The zero-order chi connectivity index (χ0) is 13.3. The summed E-state index contributed by atoms with van der Waals surface area (Å²) >= 11 is 0. The fourth-order valence-electron chi connectivity index (χ4n) is 1.29. The van der Waals surface area contributed by atoms with Gasteiger partial charge in [0, 0.05) is 5.56 Å². The summed E-state index contributed by atoms with van der Waals surface area (Å²) in [6, 6.07) is 1.57.